The fraction of sp³-hybridized carbons (Fsp3) is 0.292. The highest BCUT2D eigenvalue weighted by molar-refractivity contribution is 5.85. The van der Waals surface area contributed by atoms with Gasteiger partial charge in [0.25, 0.3) is 5.56 Å². The van der Waals surface area contributed by atoms with Gasteiger partial charge in [0.15, 0.2) is 11.6 Å². The van der Waals surface area contributed by atoms with Crippen LogP contribution in [0.15, 0.2) is 59.4 Å². The number of nitrogens with zero attached hydrogens (tertiary/aromatic N) is 3. The highest BCUT2D eigenvalue weighted by Crippen LogP contribution is 2.19. The Morgan fingerprint density at radius 2 is 1.86 bits per heavy atom. The quantitative estimate of drug-likeness (QED) is 0.527. The Kier molecular flexibility index (Phi) is 9.30. The van der Waals surface area contributed by atoms with Crippen molar-refractivity contribution in [3.8, 4) is 11.3 Å². The van der Waals surface area contributed by atoms with E-state index >= 15 is 0 Å². The fourth-order valence-electron chi connectivity index (χ4n) is 3.54. The van der Waals surface area contributed by atoms with Gasteiger partial charge in [-0.3, -0.25) is 15.0 Å². The lowest BCUT2D eigenvalue weighted by Gasteiger charge is -2.26. The van der Waals surface area contributed by atoms with Crippen LogP contribution in [0.4, 0.5) is 19.3 Å². The van der Waals surface area contributed by atoms with E-state index in [-0.39, 0.29) is 31.1 Å². The molecule has 0 atom stereocenters. The van der Waals surface area contributed by atoms with E-state index < -0.39 is 17.7 Å². The number of ether oxygens (including phenoxy) is 2. The van der Waals surface area contributed by atoms with Crippen LogP contribution in [0, 0.1) is 11.6 Å². The summed E-state index contributed by atoms with van der Waals surface area (Å²) in [7, 11) is 0. The number of hydrogen-bond acceptors (Lipinski definition) is 6. The molecule has 4 rings (SSSR count). The number of benzene rings is 2. The Labute approximate surface area is 206 Å². The molecule has 1 fully saturated rings. The topological polar surface area (TPSA) is 85.7 Å². The van der Waals surface area contributed by atoms with Crippen LogP contribution in [0.25, 0.3) is 11.3 Å². The minimum atomic E-state index is -0.993. The number of morpholine rings is 1. The van der Waals surface area contributed by atoms with Gasteiger partial charge in [-0.25, -0.2) is 18.3 Å². The van der Waals surface area contributed by atoms with Gasteiger partial charge in [-0.15, -0.1) is 12.4 Å². The number of anilines is 1. The normalized spacial score (nSPS) is 13.7. The van der Waals surface area contributed by atoms with E-state index in [1.807, 2.05) is 0 Å². The summed E-state index contributed by atoms with van der Waals surface area (Å²) in [6.07, 6.45) is -0.568. The molecule has 0 saturated carbocycles. The van der Waals surface area contributed by atoms with E-state index in [2.05, 4.69) is 15.3 Å². The molecular weight excluding hydrogens is 482 g/mol. The molecular formula is C24H25ClF2N4O4. The second-order valence-electron chi connectivity index (χ2n) is 7.76. The number of hydrogen-bond donors (Lipinski definition) is 1. The first-order chi connectivity index (χ1) is 16.5. The van der Waals surface area contributed by atoms with Crippen molar-refractivity contribution in [3.63, 3.8) is 0 Å². The minimum absolute atomic E-state index is 0. The molecule has 0 bridgehead atoms. The average molecular weight is 507 g/mol. The Bertz CT molecular complexity index is 1220. The Morgan fingerprint density at radius 1 is 1.06 bits per heavy atom. The number of rotatable bonds is 7. The molecule has 1 N–H and O–H groups in total. The smallest absolute Gasteiger partial charge is 0.411 e. The van der Waals surface area contributed by atoms with Crippen molar-refractivity contribution >= 4 is 24.2 Å². The predicted octanol–water partition coefficient (Wildman–Crippen LogP) is 3.54. The third-order valence-corrected chi connectivity index (χ3v) is 5.33. The van der Waals surface area contributed by atoms with Crippen LogP contribution in [-0.4, -0.2) is 60.2 Å². The highest BCUT2D eigenvalue weighted by atomic mass is 35.5. The number of nitrogens with one attached hydrogen (secondary N) is 1. The summed E-state index contributed by atoms with van der Waals surface area (Å²) in [6, 6.07) is 13.1. The Morgan fingerprint density at radius 3 is 2.63 bits per heavy atom. The van der Waals surface area contributed by atoms with Crippen molar-refractivity contribution in [1.82, 2.24) is 14.7 Å². The monoisotopic (exact) mass is 506 g/mol. The number of carbonyl (C=O) groups excluding carboxylic acids is 1. The van der Waals surface area contributed by atoms with Crippen molar-refractivity contribution in [3.05, 3.63) is 82.1 Å². The molecule has 1 aliphatic rings. The average Bonchev–Trinajstić information content (AvgIpc) is 2.83. The van der Waals surface area contributed by atoms with E-state index in [9.17, 15) is 18.4 Å². The summed E-state index contributed by atoms with van der Waals surface area (Å²) in [5, 5.41) is 6.95. The van der Waals surface area contributed by atoms with Gasteiger partial charge < -0.3 is 9.47 Å². The molecule has 0 radical (unpaired) electrons. The van der Waals surface area contributed by atoms with Gasteiger partial charge >= 0.3 is 6.09 Å². The third kappa shape index (κ3) is 7.32. The van der Waals surface area contributed by atoms with Gasteiger partial charge in [0.1, 0.15) is 6.61 Å². The summed E-state index contributed by atoms with van der Waals surface area (Å²) < 4.78 is 38.6. The zero-order valence-electron chi connectivity index (χ0n) is 18.8. The first-order valence-corrected chi connectivity index (χ1v) is 10.8. The van der Waals surface area contributed by atoms with Crippen molar-refractivity contribution in [1.29, 1.82) is 0 Å². The van der Waals surface area contributed by atoms with Crippen molar-refractivity contribution in [2.75, 3.05) is 44.8 Å². The van der Waals surface area contributed by atoms with E-state index in [0.29, 0.717) is 42.3 Å². The molecule has 1 saturated heterocycles. The summed E-state index contributed by atoms with van der Waals surface area (Å²) in [5.41, 5.74) is 1.55. The molecule has 0 unspecified atom stereocenters. The number of halogens is 3. The molecule has 2 aromatic carbocycles. The van der Waals surface area contributed by atoms with Crippen LogP contribution in [0.5, 0.6) is 0 Å². The maximum absolute atomic E-state index is 13.6. The summed E-state index contributed by atoms with van der Waals surface area (Å²) in [4.78, 5) is 26.6. The van der Waals surface area contributed by atoms with Gasteiger partial charge in [-0.2, -0.15) is 5.10 Å². The largest absolute Gasteiger partial charge is 0.448 e. The van der Waals surface area contributed by atoms with Gasteiger partial charge in [0, 0.05) is 37.0 Å². The maximum atomic E-state index is 13.6. The zero-order chi connectivity index (χ0) is 23.9. The number of carbonyl (C=O) groups is 1. The second kappa shape index (κ2) is 12.4. The molecule has 0 spiro atoms. The fourth-order valence-corrected chi connectivity index (χ4v) is 3.54. The van der Waals surface area contributed by atoms with E-state index in [4.69, 9.17) is 9.47 Å². The predicted molar refractivity (Wildman–Crippen MR) is 129 cm³/mol. The van der Waals surface area contributed by atoms with Gasteiger partial charge in [-0.05, 0) is 42.0 Å². The van der Waals surface area contributed by atoms with E-state index in [1.54, 1.807) is 24.3 Å². The molecule has 186 valence electrons. The molecule has 1 amide bonds. The molecule has 1 aliphatic heterocycles. The van der Waals surface area contributed by atoms with Crippen LogP contribution >= 0.6 is 12.4 Å². The Balaban J connectivity index is 0.00000342. The molecule has 0 aliphatic carbocycles. The zero-order valence-corrected chi connectivity index (χ0v) is 19.6. The van der Waals surface area contributed by atoms with Crippen LogP contribution in [0.2, 0.25) is 0 Å². The lowest BCUT2D eigenvalue weighted by molar-refractivity contribution is 0.0290. The summed E-state index contributed by atoms with van der Waals surface area (Å²) >= 11 is 0. The molecule has 35 heavy (non-hydrogen) atoms. The van der Waals surface area contributed by atoms with E-state index in [1.165, 1.54) is 22.9 Å². The first-order valence-electron chi connectivity index (χ1n) is 10.8. The van der Waals surface area contributed by atoms with Crippen LogP contribution < -0.4 is 10.9 Å². The minimum Gasteiger partial charge on any atom is -0.448 e. The summed E-state index contributed by atoms with van der Waals surface area (Å²) in [6.45, 7) is 4.02. The highest BCUT2D eigenvalue weighted by Gasteiger charge is 2.12. The van der Waals surface area contributed by atoms with Gasteiger partial charge in [0.2, 0.25) is 0 Å². The standard InChI is InChI=1S/C24H24F2N4O4.ClH/c25-20-5-4-18(15-21(20)26)22-6-7-23(31)30(28-22)16-17-2-1-3-19(14-17)27-24(32)34-13-10-29-8-11-33-12-9-29;/h1-7,14-15H,8-13,16H2,(H,27,32);1H. The molecule has 1 aromatic heterocycles. The van der Waals surface area contributed by atoms with Gasteiger partial charge in [0.05, 0.1) is 25.5 Å². The van der Waals surface area contributed by atoms with E-state index in [0.717, 1.165) is 25.2 Å². The molecule has 8 nitrogen and oxygen atoms in total. The molecule has 11 heteroatoms. The number of aromatic nitrogens is 2. The van der Waals surface area contributed by atoms with Gasteiger partial charge in [-0.1, -0.05) is 12.1 Å². The summed E-state index contributed by atoms with van der Waals surface area (Å²) in [5.74, 6) is -1.95. The maximum Gasteiger partial charge on any atom is 0.411 e. The second-order valence-corrected chi connectivity index (χ2v) is 7.76. The lowest BCUT2D eigenvalue weighted by atomic mass is 10.1. The first kappa shape index (κ1) is 26.3. The SMILES string of the molecule is Cl.O=C(Nc1cccc(Cn2nc(-c3ccc(F)c(F)c3)ccc2=O)c1)OCCN1CCOCC1. The number of amides is 1. The van der Waals surface area contributed by atoms with Crippen LogP contribution in [-0.2, 0) is 16.0 Å². The lowest BCUT2D eigenvalue weighted by Crippen LogP contribution is -2.38. The van der Waals surface area contributed by atoms with Crippen molar-refractivity contribution in [2.45, 2.75) is 6.54 Å². The third-order valence-electron chi connectivity index (χ3n) is 5.33. The Hall–Kier alpha value is -3.34. The molecule has 3 aromatic rings. The van der Waals surface area contributed by atoms with Crippen molar-refractivity contribution < 1.29 is 23.0 Å². The molecule has 2 heterocycles. The van der Waals surface area contributed by atoms with Crippen LogP contribution in [0.3, 0.4) is 0 Å². The van der Waals surface area contributed by atoms with Crippen LogP contribution in [0.1, 0.15) is 5.56 Å². The van der Waals surface area contributed by atoms with Crippen molar-refractivity contribution in [2.24, 2.45) is 0 Å².